The molecule has 5 heteroatoms. The Hall–Kier alpha value is -0.840. The number of aliphatic hydroxyl groups is 1. The molecular formula is C8H12F3NO. The van der Waals surface area contributed by atoms with E-state index in [1.807, 2.05) is 0 Å². The molecule has 0 fully saturated rings. The van der Waals surface area contributed by atoms with Gasteiger partial charge in [0.15, 0.2) is 0 Å². The van der Waals surface area contributed by atoms with Crippen molar-refractivity contribution in [2.45, 2.75) is 19.5 Å². The van der Waals surface area contributed by atoms with Gasteiger partial charge in [0.25, 0.3) is 0 Å². The van der Waals surface area contributed by atoms with Crippen molar-refractivity contribution in [2.24, 2.45) is 4.99 Å². The van der Waals surface area contributed by atoms with Crippen molar-refractivity contribution < 1.29 is 18.3 Å². The Bertz CT molecular complexity index is 212. The smallest absolute Gasteiger partial charge is 0.392 e. The summed E-state index contributed by atoms with van der Waals surface area (Å²) in [7, 11) is 1.26. The number of hydrogen-bond donors (Lipinski definition) is 1. The largest absolute Gasteiger partial charge is 0.417 e. The van der Waals surface area contributed by atoms with Crippen LogP contribution in [0.1, 0.15) is 13.3 Å². The number of alkyl halides is 3. The van der Waals surface area contributed by atoms with Gasteiger partial charge in [-0.3, -0.25) is 4.99 Å². The molecule has 0 aliphatic carbocycles. The summed E-state index contributed by atoms with van der Waals surface area (Å²) in [6.07, 6.45) is -3.54. The second kappa shape index (κ2) is 5.01. The van der Waals surface area contributed by atoms with E-state index in [1.165, 1.54) is 7.05 Å². The van der Waals surface area contributed by atoms with Crippen molar-refractivity contribution in [3.05, 3.63) is 11.1 Å². The summed E-state index contributed by atoms with van der Waals surface area (Å²) in [4.78, 5) is 3.31. The highest BCUT2D eigenvalue weighted by atomic mass is 19.4. The number of rotatable bonds is 3. The predicted octanol–water partition coefficient (Wildman–Crippen LogP) is 1.95. The van der Waals surface area contributed by atoms with Crippen LogP contribution in [0.4, 0.5) is 13.2 Å². The fourth-order valence-electron chi connectivity index (χ4n) is 0.881. The first-order valence-electron chi connectivity index (χ1n) is 3.79. The molecule has 0 amide bonds. The Morgan fingerprint density at radius 3 is 2.23 bits per heavy atom. The maximum absolute atomic E-state index is 12.3. The second-order valence-corrected chi connectivity index (χ2v) is 2.41. The molecule has 0 atom stereocenters. The Balaban J connectivity index is 5.09. The van der Waals surface area contributed by atoms with Gasteiger partial charge in [0.2, 0.25) is 0 Å². The average molecular weight is 195 g/mol. The van der Waals surface area contributed by atoms with Crippen molar-refractivity contribution in [3.63, 3.8) is 0 Å². The van der Waals surface area contributed by atoms with Gasteiger partial charge in [-0.2, -0.15) is 13.2 Å². The maximum atomic E-state index is 12.3. The highest BCUT2D eigenvalue weighted by Crippen LogP contribution is 2.27. The second-order valence-electron chi connectivity index (χ2n) is 2.41. The lowest BCUT2D eigenvalue weighted by atomic mass is 10.1. The Labute approximate surface area is 74.8 Å². The van der Waals surface area contributed by atoms with Crippen molar-refractivity contribution in [1.29, 1.82) is 0 Å². The summed E-state index contributed by atoms with van der Waals surface area (Å²) in [5.74, 6) is 0. The topological polar surface area (TPSA) is 32.6 Å². The highest BCUT2D eigenvalue weighted by molar-refractivity contribution is 5.81. The van der Waals surface area contributed by atoms with Crippen LogP contribution < -0.4 is 0 Å². The molecule has 0 heterocycles. The molecule has 0 radical (unpaired) electrons. The van der Waals surface area contributed by atoms with E-state index in [-0.39, 0.29) is 12.0 Å². The molecule has 0 bridgehead atoms. The monoisotopic (exact) mass is 195 g/mol. The molecule has 0 aromatic carbocycles. The molecule has 2 nitrogen and oxygen atoms in total. The van der Waals surface area contributed by atoms with Crippen LogP contribution in [0.2, 0.25) is 0 Å². The van der Waals surface area contributed by atoms with Gasteiger partial charge in [-0.15, -0.1) is 0 Å². The number of hydrogen-bond acceptors (Lipinski definition) is 2. The van der Waals surface area contributed by atoms with Crippen LogP contribution in [0, 0.1) is 0 Å². The van der Waals surface area contributed by atoms with Crippen molar-refractivity contribution in [1.82, 2.24) is 0 Å². The molecule has 0 saturated heterocycles. The SMILES string of the molecule is CC/C(CO)=C(\C=NC)C(F)(F)F. The van der Waals surface area contributed by atoms with E-state index < -0.39 is 18.4 Å². The molecule has 0 saturated carbocycles. The van der Waals surface area contributed by atoms with Gasteiger partial charge < -0.3 is 5.11 Å². The number of halogens is 3. The number of aliphatic imine (C=N–C) groups is 1. The molecule has 0 rings (SSSR count). The van der Waals surface area contributed by atoms with E-state index >= 15 is 0 Å². The minimum absolute atomic E-state index is 0.0434. The maximum Gasteiger partial charge on any atom is 0.417 e. The van der Waals surface area contributed by atoms with E-state index in [0.29, 0.717) is 0 Å². The summed E-state index contributed by atoms with van der Waals surface area (Å²) in [6.45, 7) is 0.970. The van der Waals surface area contributed by atoms with Crippen LogP contribution >= 0.6 is 0 Å². The fraction of sp³-hybridized carbons (Fsp3) is 0.625. The third kappa shape index (κ3) is 3.59. The van der Waals surface area contributed by atoms with Gasteiger partial charge >= 0.3 is 6.18 Å². The molecule has 0 aliphatic heterocycles. The van der Waals surface area contributed by atoms with Crippen molar-refractivity contribution >= 4 is 6.21 Å². The van der Waals surface area contributed by atoms with E-state index in [9.17, 15) is 13.2 Å². The van der Waals surface area contributed by atoms with Crippen LogP contribution in [0.5, 0.6) is 0 Å². The minimum Gasteiger partial charge on any atom is -0.392 e. The van der Waals surface area contributed by atoms with Crippen molar-refractivity contribution in [2.75, 3.05) is 13.7 Å². The van der Waals surface area contributed by atoms with E-state index in [2.05, 4.69) is 4.99 Å². The molecule has 76 valence electrons. The van der Waals surface area contributed by atoms with E-state index in [0.717, 1.165) is 6.21 Å². The van der Waals surface area contributed by atoms with Gasteiger partial charge in [0, 0.05) is 13.3 Å². The standard InChI is InChI=1S/C8H12F3NO/c1-3-6(5-13)7(4-12-2)8(9,10)11/h4,13H,3,5H2,1-2H3/b7-6-,12-4?. The average Bonchev–Trinajstić information content (AvgIpc) is 2.03. The van der Waals surface area contributed by atoms with Crippen LogP contribution in [-0.4, -0.2) is 31.2 Å². The van der Waals surface area contributed by atoms with Crippen LogP contribution in [0.25, 0.3) is 0 Å². The van der Waals surface area contributed by atoms with Crippen molar-refractivity contribution in [3.8, 4) is 0 Å². The quantitative estimate of drug-likeness (QED) is 0.686. The Morgan fingerprint density at radius 2 is 2.00 bits per heavy atom. The molecule has 1 N–H and O–H groups in total. The fourth-order valence-corrected chi connectivity index (χ4v) is 0.881. The minimum atomic E-state index is -4.44. The van der Waals surface area contributed by atoms with Gasteiger partial charge in [0.05, 0.1) is 12.2 Å². The third-order valence-electron chi connectivity index (χ3n) is 1.56. The van der Waals surface area contributed by atoms with Gasteiger partial charge in [-0.1, -0.05) is 6.92 Å². The highest BCUT2D eigenvalue weighted by Gasteiger charge is 2.34. The summed E-state index contributed by atoms with van der Waals surface area (Å²) in [5.41, 5.74) is -0.891. The summed E-state index contributed by atoms with van der Waals surface area (Å²) in [5, 5.41) is 8.67. The van der Waals surface area contributed by atoms with Crippen LogP contribution in [0.15, 0.2) is 16.1 Å². The number of nitrogens with zero attached hydrogens (tertiary/aromatic N) is 1. The molecule has 0 aliphatic rings. The first kappa shape index (κ1) is 12.2. The summed E-state index contributed by atoms with van der Waals surface area (Å²) >= 11 is 0. The summed E-state index contributed by atoms with van der Waals surface area (Å²) in [6, 6.07) is 0. The molecular weight excluding hydrogens is 183 g/mol. The zero-order chi connectivity index (χ0) is 10.5. The molecule has 13 heavy (non-hydrogen) atoms. The normalized spacial score (nSPS) is 14.9. The lowest BCUT2D eigenvalue weighted by Crippen LogP contribution is -2.17. The third-order valence-corrected chi connectivity index (χ3v) is 1.56. The van der Waals surface area contributed by atoms with Crippen LogP contribution in [0.3, 0.4) is 0 Å². The lowest BCUT2D eigenvalue weighted by Gasteiger charge is -2.11. The molecule has 0 unspecified atom stereocenters. The lowest BCUT2D eigenvalue weighted by molar-refractivity contribution is -0.0869. The summed E-state index contributed by atoms with van der Waals surface area (Å²) < 4.78 is 36.8. The van der Waals surface area contributed by atoms with E-state index in [4.69, 9.17) is 5.11 Å². The van der Waals surface area contributed by atoms with Crippen LogP contribution in [-0.2, 0) is 0 Å². The van der Waals surface area contributed by atoms with E-state index in [1.54, 1.807) is 6.92 Å². The predicted molar refractivity (Wildman–Crippen MR) is 44.9 cm³/mol. The first-order chi connectivity index (χ1) is 5.97. The first-order valence-corrected chi connectivity index (χ1v) is 3.79. The van der Waals surface area contributed by atoms with Gasteiger partial charge in [-0.25, -0.2) is 0 Å². The number of allylic oxidation sites excluding steroid dienone is 1. The zero-order valence-corrected chi connectivity index (χ0v) is 7.52. The Kier molecular flexibility index (Phi) is 4.69. The molecule has 0 aromatic rings. The zero-order valence-electron chi connectivity index (χ0n) is 7.52. The molecule has 0 spiro atoms. The Morgan fingerprint density at radius 1 is 1.46 bits per heavy atom. The molecule has 0 aromatic heterocycles. The van der Waals surface area contributed by atoms with Gasteiger partial charge in [0.1, 0.15) is 0 Å². The van der Waals surface area contributed by atoms with Gasteiger partial charge in [-0.05, 0) is 12.0 Å². The number of aliphatic hydroxyl groups excluding tert-OH is 1.